The molecular weight excluding hydrogens is 361 g/mol. The number of fused-ring (bicyclic) bond motifs is 1. The first-order valence-electron chi connectivity index (χ1n) is 5.87. The van der Waals surface area contributed by atoms with E-state index in [0.29, 0.717) is 21.4 Å². The van der Waals surface area contributed by atoms with Gasteiger partial charge < -0.3 is 10.7 Å². The van der Waals surface area contributed by atoms with Gasteiger partial charge in [-0.05, 0) is 52.7 Å². The van der Waals surface area contributed by atoms with E-state index in [0.717, 1.165) is 26.8 Å². The van der Waals surface area contributed by atoms with Gasteiger partial charge in [-0.1, -0.05) is 23.2 Å². The number of imidazole rings is 1. The van der Waals surface area contributed by atoms with Crippen molar-refractivity contribution in [1.29, 1.82) is 0 Å². The van der Waals surface area contributed by atoms with Crippen molar-refractivity contribution in [3.8, 4) is 11.4 Å². The van der Waals surface area contributed by atoms with Gasteiger partial charge in [0.1, 0.15) is 11.3 Å². The Morgan fingerprint density at radius 1 is 1.20 bits per heavy atom. The van der Waals surface area contributed by atoms with Gasteiger partial charge in [-0.15, -0.1) is 0 Å². The van der Waals surface area contributed by atoms with Gasteiger partial charge in [-0.2, -0.15) is 0 Å². The van der Waals surface area contributed by atoms with Crippen molar-refractivity contribution in [1.82, 2.24) is 9.97 Å². The second kappa shape index (κ2) is 4.95. The molecule has 1 heterocycles. The molecule has 0 bridgehead atoms. The number of H-pyrrole nitrogens is 1. The number of rotatable bonds is 1. The van der Waals surface area contributed by atoms with E-state index in [1.54, 1.807) is 12.1 Å². The van der Waals surface area contributed by atoms with Crippen molar-refractivity contribution < 1.29 is 0 Å². The lowest BCUT2D eigenvalue weighted by Crippen LogP contribution is -1.92. The highest BCUT2D eigenvalue weighted by atomic mass is 79.9. The van der Waals surface area contributed by atoms with Crippen molar-refractivity contribution in [2.75, 3.05) is 5.73 Å². The molecular formula is C14H10BrCl2N3. The van der Waals surface area contributed by atoms with Crippen LogP contribution in [0.25, 0.3) is 22.4 Å². The van der Waals surface area contributed by atoms with Gasteiger partial charge in [0.05, 0.1) is 15.6 Å². The number of nitrogens with one attached hydrogen (secondary N) is 1. The second-order valence-electron chi connectivity index (χ2n) is 4.53. The minimum Gasteiger partial charge on any atom is -0.398 e. The summed E-state index contributed by atoms with van der Waals surface area (Å²) in [7, 11) is 0. The van der Waals surface area contributed by atoms with Crippen molar-refractivity contribution in [3.63, 3.8) is 0 Å². The Morgan fingerprint density at radius 2 is 1.90 bits per heavy atom. The van der Waals surface area contributed by atoms with Gasteiger partial charge in [0.2, 0.25) is 0 Å². The molecule has 102 valence electrons. The van der Waals surface area contributed by atoms with Crippen molar-refractivity contribution in [2.45, 2.75) is 6.92 Å². The number of aromatic amines is 1. The molecule has 0 aliphatic heterocycles. The second-order valence-corrected chi connectivity index (χ2v) is 6.20. The summed E-state index contributed by atoms with van der Waals surface area (Å²) < 4.78 is 0.838. The molecule has 0 saturated carbocycles. The van der Waals surface area contributed by atoms with E-state index < -0.39 is 0 Å². The molecule has 6 heteroatoms. The first-order valence-corrected chi connectivity index (χ1v) is 7.42. The molecule has 0 atom stereocenters. The first-order chi connectivity index (χ1) is 9.47. The van der Waals surface area contributed by atoms with E-state index in [1.807, 2.05) is 19.1 Å². The summed E-state index contributed by atoms with van der Waals surface area (Å²) in [4.78, 5) is 7.73. The summed E-state index contributed by atoms with van der Waals surface area (Å²) >= 11 is 15.8. The standard InChI is InChI=1S/C14H10BrCl2N3/c1-6-4-7(5-8(15)11(6)18)14-19-12-9(16)2-3-10(17)13(12)20-14/h2-5H,18H2,1H3,(H,19,20). The van der Waals surface area contributed by atoms with Crippen molar-refractivity contribution in [2.24, 2.45) is 0 Å². The molecule has 2 aromatic carbocycles. The monoisotopic (exact) mass is 369 g/mol. The van der Waals surface area contributed by atoms with Crippen LogP contribution in [0, 0.1) is 6.92 Å². The Kier molecular flexibility index (Phi) is 3.40. The maximum absolute atomic E-state index is 6.16. The van der Waals surface area contributed by atoms with Crippen LogP contribution in [-0.4, -0.2) is 9.97 Å². The van der Waals surface area contributed by atoms with Crippen molar-refractivity contribution in [3.05, 3.63) is 44.3 Å². The molecule has 0 amide bonds. The Hall–Kier alpha value is -1.23. The van der Waals surface area contributed by atoms with Crippen molar-refractivity contribution >= 4 is 55.9 Å². The molecule has 0 fully saturated rings. The molecule has 3 N–H and O–H groups in total. The molecule has 1 aromatic heterocycles. The molecule has 3 aromatic rings. The molecule has 0 spiro atoms. The van der Waals surface area contributed by atoms with E-state index in [1.165, 1.54) is 0 Å². The van der Waals surface area contributed by atoms with E-state index in [9.17, 15) is 0 Å². The summed E-state index contributed by atoms with van der Waals surface area (Å²) in [6.45, 7) is 1.95. The minimum absolute atomic E-state index is 0.568. The summed E-state index contributed by atoms with van der Waals surface area (Å²) in [5.41, 5.74) is 9.96. The normalized spacial score (nSPS) is 11.2. The van der Waals surface area contributed by atoms with Crippen LogP contribution in [0.1, 0.15) is 5.56 Å². The van der Waals surface area contributed by atoms with Gasteiger partial charge in [-0.3, -0.25) is 0 Å². The van der Waals surface area contributed by atoms with Crippen LogP contribution >= 0.6 is 39.1 Å². The summed E-state index contributed by atoms with van der Waals surface area (Å²) in [6.07, 6.45) is 0. The number of nitrogen functional groups attached to an aromatic ring is 1. The van der Waals surface area contributed by atoms with Crippen LogP contribution in [0.2, 0.25) is 10.0 Å². The maximum Gasteiger partial charge on any atom is 0.138 e. The quantitative estimate of drug-likeness (QED) is 0.579. The lowest BCUT2D eigenvalue weighted by molar-refractivity contribution is 1.32. The Bertz CT molecular complexity index is 765. The highest BCUT2D eigenvalue weighted by Gasteiger charge is 2.12. The number of nitrogens with two attached hydrogens (primary N) is 1. The Labute approximate surface area is 134 Å². The number of aromatic nitrogens is 2. The lowest BCUT2D eigenvalue weighted by atomic mass is 10.1. The summed E-state index contributed by atoms with van der Waals surface area (Å²) in [6, 6.07) is 7.38. The summed E-state index contributed by atoms with van der Waals surface area (Å²) in [5, 5.41) is 1.16. The molecule has 0 aliphatic carbocycles. The topological polar surface area (TPSA) is 54.7 Å². The minimum atomic E-state index is 0.568. The highest BCUT2D eigenvalue weighted by molar-refractivity contribution is 9.10. The fourth-order valence-electron chi connectivity index (χ4n) is 2.06. The first kappa shape index (κ1) is 13.7. The number of nitrogens with zero attached hydrogens (tertiary/aromatic N) is 1. The number of anilines is 1. The summed E-state index contributed by atoms with van der Waals surface area (Å²) in [5.74, 6) is 0.707. The third-order valence-corrected chi connectivity index (χ3v) is 4.43. The number of halogens is 3. The number of hydrogen-bond acceptors (Lipinski definition) is 2. The number of hydrogen-bond donors (Lipinski definition) is 2. The fourth-order valence-corrected chi connectivity index (χ4v) is 3.02. The Morgan fingerprint density at radius 3 is 2.55 bits per heavy atom. The van der Waals surface area contributed by atoms with Crippen LogP contribution in [0.15, 0.2) is 28.7 Å². The number of aryl methyl sites for hydroxylation is 1. The van der Waals surface area contributed by atoms with Gasteiger partial charge in [0, 0.05) is 15.7 Å². The van der Waals surface area contributed by atoms with Gasteiger partial charge in [-0.25, -0.2) is 4.98 Å². The van der Waals surface area contributed by atoms with Crippen LogP contribution in [0.4, 0.5) is 5.69 Å². The van der Waals surface area contributed by atoms with Crippen LogP contribution in [0.3, 0.4) is 0 Å². The van der Waals surface area contributed by atoms with Gasteiger partial charge in [0.15, 0.2) is 0 Å². The third kappa shape index (κ3) is 2.18. The molecule has 0 aliphatic rings. The SMILES string of the molecule is Cc1cc(-c2nc3c(Cl)ccc(Cl)c3[nH]2)cc(Br)c1N. The van der Waals surface area contributed by atoms with Crippen LogP contribution in [0.5, 0.6) is 0 Å². The largest absolute Gasteiger partial charge is 0.398 e. The molecule has 0 unspecified atom stereocenters. The van der Waals surface area contributed by atoms with E-state index >= 15 is 0 Å². The van der Waals surface area contributed by atoms with Crippen LogP contribution < -0.4 is 5.73 Å². The molecule has 3 rings (SSSR count). The average molecular weight is 371 g/mol. The maximum atomic E-state index is 6.16. The smallest absolute Gasteiger partial charge is 0.138 e. The molecule has 3 nitrogen and oxygen atoms in total. The Balaban J connectivity index is 2.25. The van der Waals surface area contributed by atoms with E-state index in [2.05, 4.69) is 25.9 Å². The van der Waals surface area contributed by atoms with E-state index in [4.69, 9.17) is 28.9 Å². The highest BCUT2D eigenvalue weighted by Crippen LogP contribution is 2.33. The zero-order valence-electron chi connectivity index (χ0n) is 10.5. The van der Waals surface area contributed by atoms with E-state index in [-0.39, 0.29) is 0 Å². The fraction of sp³-hybridized carbons (Fsp3) is 0.0714. The molecule has 0 saturated heterocycles. The molecule has 20 heavy (non-hydrogen) atoms. The zero-order valence-corrected chi connectivity index (χ0v) is 13.6. The number of benzene rings is 2. The predicted octanol–water partition coefficient (Wildman–Crippen LogP) is 5.19. The predicted molar refractivity (Wildman–Crippen MR) is 88.4 cm³/mol. The lowest BCUT2D eigenvalue weighted by Gasteiger charge is -2.05. The van der Waals surface area contributed by atoms with Crippen LogP contribution in [-0.2, 0) is 0 Å². The molecule has 0 radical (unpaired) electrons. The van der Waals surface area contributed by atoms with Gasteiger partial charge >= 0.3 is 0 Å². The average Bonchev–Trinajstić information content (AvgIpc) is 2.86. The zero-order chi connectivity index (χ0) is 14.4. The third-order valence-electron chi connectivity index (χ3n) is 3.15. The van der Waals surface area contributed by atoms with Gasteiger partial charge in [0.25, 0.3) is 0 Å².